The van der Waals surface area contributed by atoms with Crippen LogP contribution in [0.2, 0.25) is 0 Å². The smallest absolute Gasteiger partial charge is 0.339 e. The van der Waals surface area contributed by atoms with Crippen LogP contribution in [0.25, 0.3) is 6.08 Å². The summed E-state index contributed by atoms with van der Waals surface area (Å²) < 4.78 is 28.1. The second kappa shape index (κ2) is 7.54. The summed E-state index contributed by atoms with van der Waals surface area (Å²) in [5.41, 5.74) is 0.110. The van der Waals surface area contributed by atoms with Crippen molar-refractivity contribution in [2.24, 2.45) is 0 Å². The number of carboxylic acids is 1. The molecule has 1 N–H and O–H groups in total. The van der Waals surface area contributed by atoms with E-state index in [2.05, 4.69) is 0 Å². The van der Waals surface area contributed by atoms with Gasteiger partial charge in [-0.05, 0) is 44.2 Å². The van der Waals surface area contributed by atoms with Crippen LogP contribution in [0.1, 0.15) is 40.1 Å². The highest BCUT2D eigenvalue weighted by atomic mass is 16.5. The predicted octanol–water partition coefficient (Wildman–Crippen LogP) is 3.61. The van der Waals surface area contributed by atoms with Crippen molar-refractivity contribution in [3.63, 3.8) is 0 Å². The number of carboxylic acid groups (broad SMARTS) is 1. The van der Waals surface area contributed by atoms with E-state index >= 15 is 0 Å². The number of ether oxygens (including phenoxy) is 5. The van der Waals surface area contributed by atoms with Crippen LogP contribution >= 0.6 is 0 Å². The minimum atomic E-state index is -1.17. The Balaban J connectivity index is 1.72. The van der Waals surface area contributed by atoms with Crippen molar-refractivity contribution >= 4 is 17.8 Å². The second-order valence-corrected chi connectivity index (χ2v) is 7.68. The first-order valence-corrected chi connectivity index (χ1v) is 9.62. The van der Waals surface area contributed by atoms with Gasteiger partial charge in [-0.1, -0.05) is 0 Å². The summed E-state index contributed by atoms with van der Waals surface area (Å²) in [7, 11) is 2.96. The van der Waals surface area contributed by atoms with Gasteiger partial charge in [0.25, 0.3) is 0 Å². The zero-order valence-corrected chi connectivity index (χ0v) is 17.6. The van der Waals surface area contributed by atoms with E-state index < -0.39 is 17.7 Å². The lowest BCUT2D eigenvalue weighted by molar-refractivity contribution is 0.0592. The summed E-state index contributed by atoms with van der Waals surface area (Å²) in [6, 6.07) is 6.09. The summed E-state index contributed by atoms with van der Waals surface area (Å²) >= 11 is 0. The molecule has 0 radical (unpaired) electrons. The molecule has 8 heteroatoms. The molecule has 2 aromatic carbocycles. The van der Waals surface area contributed by atoms with Crippen molar-refractivity contribution in [2.75, 3.05) is 20.8 Å². The number of carbonyl (C=O) groups excluding carboxylic acids is 1. The monoisotopic (exact) mass is 426 g/mol. The lowest BCUT2D eigenvalue weighted by atomic mass is 9.98. The Labute approximate surface area is 178 Å². The molecule has 31 heavy (non-hydrogen) atoms. The van der Waals surface area contributed by atoms with Crippen molar-refractivity contribution in [1.82, 2.24) is 0 Å². The molecule has 0 spiro atoms. The van der Waals surface area contributed by atoms with Gasteiger partial charge in [-0.2, -0.15) is 0 Å². The van der Waals surface area contributed by atoms with Gasteiger partial charge in [0.05, 0.1) is 25.3 Å². The van der Waals surface area contributed by atoms with Gasteiger partial charge in [-0.15, -0.1) is 0 Å². The molecular weight excluding hydrogens is 404 g/mol. The zero-order chi connectivity index (χ0) is 22.3. The normalized spacial score (nSPS) is 18.2. The third kappa shape index (κ3) is 3.65. The molecule has 2 heterocycles. The highest BCUT2D eigenvalue weighted by Crippen LogP contribution is 2.41. The van der Waals surface area contributed by atoms with E-state index in [0.29, 0.717) is 28.6 Å². The Morgan fingerprint density at radius 2 is 1.84 bits per heavy atom. The lowest BCUT2D eigenvalue weighted by Crippen LogP contribution is -2.38. The van der Waals surface area contributed by atoms with Gasteiger partial charge >= 0.3 is 5.97 Å². The van der Waals surface area contributed by atoms with E-state index in [9.17, 15) is 14.7 Å². The Morgan fingerprint density at radius 3 is 2.52 bits per heavy atom. The first-order valence-electron chi connectivity index (χ1n) is 9.62. The summed E-state index contributed by atoms with van der Waals surface area (Å²) in [6.45, 7) is 3.68. The van der Waals surface area contributed by atoms with Gasteiger partial charge in [-0.3, -0.25) is 4.79 Å². The molecule has 4 rings (SSSR count). The molecule has 0 aliphatic carbocycles. The van der Waals surface area contributed by atoms with Crippen molar-refractivity contribution in [1.29, 1.82) is 0 Å². The van der Waals surface area contributed by atoms with Crippen LogP contribution in [0.4, 0.5) is 0 Å². The maximum absolute atomic E-state index is 13.1. The van der Waals surface area contributed by atoms with Crippen LogP contribution in [-0.2, 0) is 0 Å². The Bertz CT molecular complexity index is 1100. The molecule has 1 unspecified atom stereocenters. The molecule has 2 aromatic rings. The van der Waals surface area contributed by atoms with E-state index in [-0.39, 0.29) is 29.3 Å². The molecule has 0 saturated carbocycles. The molecule has 1 atom stereocenters. The Morgan fingerprint density at radius 1 is 1.13 bits per heavy atom. The SMILES string of the molecule is COc1cc2c(cc1OC)C(=O)C(Oc1c(C(=O)O)ccc3c1C=CC(C)(C)O3)CO2. The average Bonchev–Trinajstić information content (AvgIpc) is 2.73. The van der Waals surface area contributed by atoms with Crippen LogP contribution < -0.4 is 23.7 Å². The highest BCUT2D eigenvalue weighted by molar-refractivity contribution is 6.04. The zero-order valence-electron chi connectivity index (χ0n) is 17.6. The first kappa shape index (κ1) is 20.6. The third-order valence-corrected chi connectivity index (χ3v) is 5.10. The molecule has 2 aliphatic rings. The fraction of sp³-hybridized carbons (Fsp3) is 0.304. The predicted molar refractivity (Wildman–Crippen MR) is 111 cm³/mol. The van der Waals surface area contributed by atoms with Gasteiger partial charge in [0.2, 0.25) is 5.78 Å². The third-order valence-electron chi connectivity index (χ3n) is 5.10. The molecule has 162 valence electrons. The van der Waals surface area contributed by atoms with Crippen LogP contribution in [0.5, 0.6) is 28.7 Å². The maximum atomic E-state index is 13.1. The molecule has 0 fully saturated rings. The molecule has 2 aliphatic heterocycles. The number of benzene rings is 2. The van der Waals surface area contributed by atoms with Crippen LogP contribution in [0, 0.1) is 0 Å². The largest absolute Gasteiger partial charge is 0.493 e. The lowest BCUT2D eigenvalue weighted by Gasteiger charge is -2.31. The number of aromatic carboxylic acids is 1. The summed E-state index contributed by atoms with van der Waals surface area (Å²) in [4.78, 5) is 25.0. The van der Waals surface area contributed by atoms with Crippen molar-refractivity contribution < 1.29 is 38.4 Å². The Hall–Kier alpha value is -3.68. The number of Topliss-reactive ketones (excluding diaryl/α,β-unsaturated/α-hetero) is 1. The number of hydrogen-bond acceptors (Lipinski definition) is 7. The van der Waals surface area contributed by atoms with Gasteiger partial charge < -0.3 is 28.8 Å². The first-order chi connectivity index (χ1) is 14.7. The van der Waals surface area contributed by atoms with Crippen molar-refractivity contribution in [2.45, 2.75) is 25.6 Å². The van der Waals surface area contributed by atoms with Crippen molar-refractivity contribution in [3.05, 3.63) is 47.0 Å². The molecular formula is C23H22O8. The average molecular weight is 426 g/mol. The topological polar surface area (TPSA) is 101 Å². The standard InChI is InChI=1S/C23H22O8/c1-23(2)8-7-12-15(31-23)6-5-13(22(25)26)21(12)30-19-11-29-16-10-18(28-4)17(27-3)9-14(16)20(19)24/h5-10,19H,11H2,1-4H3,(H,25,26). The van der Waals surface area contributed by atoms with Gasteiger partial charge in [0, 0.05) is 6.07 Å². The molecule has 8 nitrogen and oxygen atoms in total. The number of rotatable bonds is 5. The summed E-state index contributed by atoms with van der Waals surface area (Å²) in [5.74, 6) is 0.167. The van der Waals surface area contributed by atoms with Gasteiger partial charge in [0.1, 0.15) is 35.0 Å². The molecule has 0 aromatic heterocycles. The molecule has 0 bridgehead atoms. The Kier molecular flexibility index (Phi) is 5.00. The number of methoxy groups -OCH3 is 2. The summed E-state index contributed by atoms with van der Waals surface area (Å²) in [6.07, 6.45) is 2.51. The van der Waals surface area contributed by atoms with E-state index in [1.54, 1.807) is 24.3 Å². The van der Waals surface area contributed by atoms with Crippen LogP contribution in [0.3, 0.4) is 0 Å². The summed E-state index contributed by atoms with van der Waals surface area (Å²) in [5, 5.41) is 9.66. The number of carbonyl (C=O) groups is 2. The maximum Gasteiger partial charge on any atom is 0.339 e. The fourth-order valence-corrected chi connectivity index (χ4v) is 3.54. The number of fused-ring (bicyclic) bond motifs is 2. The van der Waals surface area contributed by atoms with E-state index in [1.165, 1.54) is 26.4 Å². The molecule has 0 amide bonds. The van der Waals surface area contributed by atoms with E-state index in [4.69, 9.17) is 23.7 Å². The number of hydrogen-bond donors (Lipinski definition) is 1. The quantitative estimate of drug-likeness (QED) is 0.774. The van der Waals surface area contributed by atoms with Gasteiger partial charge in [0.15, 0.2) is 17.6 Å². The van der Waals surface area contributed by atoms with E-state index in [1.807, 2.05) is 13.8 Å². The minimum Gasteiger partial charge on any atom is -0.493 e. The molecule has 0 saturated heterocycles. The second-order valence-electron chi connectivity index (χ2n) is 7.68. The van der Waals surface area contributed by atoms with E-state index in [0.717, 1.165) is 0 Å². The minimum absolute atomic E-state index is 0.0580. The van der Waals surface area contributed by atoms with Crippen LogP contribution in [0.15, 0.2) is 30.3 Å². The van der Waals surface area contributed by atoms with Gasteiger partial charge in [-0.25, -0.2) is 4.79 Å². The number of ketones is 1. The van der Waals surface area contributed by atoms with Crippen molar-refractivity contribution in [3.8, 4) is 28.7 Å². The highest BCUT2D eigenvalue weighted by Gasteiger charge is 2.35. The van der Waals surface area contributed by atoms with Crippen LogP contribution in [-0.4, -0.2) is 49.4 Å². The fourth-order valence-electron chi connectivity index (χ4n) is 3.54.